The summed E-state index contributed by atoms with van der Waals surface area (Å²) in [5, 5.41) is 1.07. The van der Waals surface area contributed by atoms with E-state index in [0.29, 0.717) is 28.0 Å². The Morgan fingerprint density at radius 1 is 1.28 bits per heavy atom. The quantitative estimate of drug-likeness (QED) is 0.849. The normalized spacial score (nSPS) is 23.9. The van der Waals surface area contributed by atoms with Crippen LogP contribution in [-0.2, 0) is 0 Å². The van der Waals surface area contributed by atoms with Crippen molar-refractivity contribution < 1.29 is 0 Å². The molecule has 1 fully saturated rings. The zero-order valence-electron chi connectivity index (χ0n) is 10.2. The Morgan fingerprint density at radius 3 is 2.67 bits per heavy atom. The molecule has 1 heterocycles. The summed E-state index contributed by atoms with van der Waals surface area (Å²) in [6, 6.07) is 4.08. The fourth-order valence-electron chi connectivity index (χ4n) is 2.97. The molecule has 1 aromatic heterocycles. The highest BCUT2D eigenvalue weighted by molar-refractivity contribution is 6.42. The number of benzene rings is 1. The zero-order chi connectivity index (χ0) is 12.9. The molecule has 0 bridgehead atoms. The number of halogens is 2. The average Bonchev–Trinajstić information content (AvgIpc) is 2.83. The fraction of sp³-hybridized carbons (Fsp3) is 0.462. The maximum Gasteiger partial charge on any atom is 0.201 e. The lowest BCUT2D eigenvalue weighted by Crippen LogP contribution is -2.14. The molecule has 3 rings (SSSR count). The second-order valence-corrected chi connectivity index (χ2v) is 5.88. The van der Waals surface area contributed by atoms with Crippen LogP contribution in [0.4, 0.5) is 5.95 Å². The van der Waals surface area contributed by atoms with E-state index < -0.39 is 0 Å². The molecule has 0 aliphatic heterocycles. The van der Waals surface area contributed by atoms with Gasteiger partial charge in [-0.15, -0.1) is 0 Å². The number of nitrogen functional groups attached to an aromatic ring is 1. The zero-order valence-corrected chi connectivity index (χ0v) is 11.7. The summed E-state index contributed by atoms with van der Waals surface area (Å²) in [4.78, 5) is 4.39. The Hall–Kier alpha value is -0.930. The predicted octanol–water partition coefficient (Wildman–Crippen LogP) is 4.29. The van der Waals surface area contributed by atoms with Gasteiger partial charge in [0.25, 0.3) is 0 Å². The molecule has 1 saturated carbocycles. The first kappa shape index (κ1) is 12.1. The first-order valence-corrected chi connectivity index (χ1v) is 6.96. The number of rotatable bonds is 1. The maximum atomic E-state index is 6.10. The van der Waals surface area contributed by atoms with Crippen LogP contribution in [0.25, 0.3) is 11.0 Å². The summed E-state index contributed by atoms with van der Waals surface area (Å²) in [7, 11) is 0. The Morgan fingerprint density at radius 2 is 2.00 bits per heavy atom. The van der Waals surface area contributed by atoms with E-state index in [0.717, 1.165) is 17.5 Å². The summed E-state index contributed by atoms with van der Waals surface area (Å²) >= 11 is 12.1. The van der Waals surface area contributed by atoms with Crippen LogP contribution >= 0.6 is 23.2 Å². The van der Waals surface area contributed by atoms with Crippen LogP contribution in [-0.4, -0.2) is 9.55 Å². The van der Waals surface area contributed by atoms with E-state index in [2.05, 4.69) is 16.5 Å². The molecular weight excluding hydrogens is 269 g/mol. The molecule has 1 aliphatic rings. The highest BCUT2D eigenvalue weighted by Gasteiger charge is 2.28. The van der Waals surface area contributed by atoms with Crippen molar-refractivity contribution in [3.63, 3.8) is 0 Å². The van der Waals surface area contributed by atoms with Gasteiger partial charge < -0.3 is 10.3 Å². The average molecular weight is 284 g/mol. The van der Waals surface area contributed by atoms with Crippen molar-refractivity contribution in [1.29, 1.82) is 0 Å². The molecule has 2 atom stereocenters. The van der Waals surface area contributed by atoms with E-state index >= 15 is 0 Å². The molecule has 2 aromatic rings. The third-order valence-corrected chi connectivity index (χ3v) is 4.63. The summed E-state index contributed by atoms with van der Waals surface area (Å²) in [5.74, 6) is 1.18. The van der Waals surface area contributed by atoms with Gasteiger partial charge in [-0.1, -0.05) is 36.5 Å². The lowest BCUT2D eigenvalue weighted by molar-refractivity contribution is 0.421. The van der Waals surface area contributed by atoms with Crippen LogP contribution in [0.3, 0.4) is 0 Å². The van der Waals surface area contributed by atoms with E-state index in [4.69, 9.17) is 28.9 Å². The number of imidazole rings is 1. The number of aromatic nitrogens is 2. The Labute approximate surface area is 116 Å². The van der Waals surface area contributed by atoms with Gasteiger partial charge in [0.15, 0.2) is 0 Å². The highest BCUT2D eigenvalue weighted by atomic mass is 35.5. The summed E-state index contributed by atoms with van der Waals surface area (Å²) in [5.41, 5.74) is 7.87. The van der Waals surface area contributed by atoms with Crippen LogP contribution in [0, 0.1) is 5.92 Å². The number of hydrogen-bond acceptors (Lipinski definition) is 2. The molecule has 0 amide bonds. The summed E-state index contributed by atoms with van der Waals surface area (Å²) < 4.78 is 2.12. The molecule has 2 N–H and O–H groups in total. The lowest BCUT2D eigenvalue weighted by atomic mass is 10.1. The van der Waals surface area contributed by atoms with E-state index in [-0.39, 0.29) is 0 Å². The van der Waals surface area contributed by atoms with Crippen LogP contribution in [0.15, 0.2) is 12.1 Å². The first-order valence-electron chi connectivity index (χ1n) is 6.20. The topological polar surface area (TPSA) is 43.8 Å². The minimum atomic E-state index is 0.423. The second kappa shape index (κ2) is 4.32. The minimum absolute atomic E-state index is 0.423. The van der Waals surface area contributed by atoms with Crippen LogP contribution in [0.2, 0.25) is 10.0 Å². The maximum absolute atomic E-state index is 6.10. The van der Waals surface area contributed by atoms with Crippen molar-refractivity contribution in [3.05, 3.63) is 22.2 Å². The molecule has 5 heteroatoms. The van der Waals surface area contributed by atoms with E-state index in [1.165, 1.54) is 12.8 Å². The SMILES string of the molecule is CC1CCCC1n1c(N)nc2cc(Cl)c(Cl)cc21. The van der Waals surface area contributed by atoms with Crippen molar-refractivity contribution in [2.75, 3.05) is 5.73 Å². The molecule has 18 heavy (non-hydrogen) atoms. The number of nitrogens with zero attached hydrogens (tertiary/aromatic N) is 2. The molecule has 0 radical (unpaired) electrons. The smallest absolute Gasteiger partial charge is 0.201 e. The van der Waals surface area contributed by atoms with Gasteiger partial charge >= 0.3 is 0 Å². The molecule has 1 aliphatic carbocycles. The van der Waals surface area contributed by atoms with Gasteiger partial charge in [-0.2, -0.15) is 0 Å². The van der Waals surface area contributed by atoms with Gasteiger partial charge in [-0.3, -0.25) is 0 Å². The number of fused-ring (bicyclic) bond motifs is 1. The molecule has 1 aromatic carbocycles. The van der Waals surface area contributed by atoms with Gasteiger partial charge in [0.1, 0.15) is 0 Å². The van der Waals surface area contributed by atoms with Crippen molar-refractivity contribution >= 4 is 40.2 Å². The van der Waals surface area contributed by atoms with Gasteiger partial charge in [0.2, 0.25) is 5.95 Å². The van der Waals surface area contributed by atoms with Gasteiger partial charge in [0.05, 0.1) is 21.1 Å². The van der Waals surface area contributed by atoms with Gasteiger partial charge in [-0.05, 0) is 30.9 Å². The molecule has 3 nitrogen and oxygen atoms in total. The molecule has 2 unspecified atom stereocenters. The number of nitrogens with two attached hydrogens (primary N) is 1. The van der Waals surface area contributed by atoms with Crippen molar-refractivity contribution in [2.24, 2.45) is 5.92 Å². The molecule has 0 spiro atoms. The first-order chi connectivity index (χ1) is 8.58. The lowest BCUT2D eigenvalue weighted by Gasteiger charge is -2.19. The van der Waals surface area contributed by atoms with Gasteiger partial charge in [0, 0.05) is 6.04 Å². The van der Waals surface area contributed by atoms with Crippen molar-refractivity contribution in [3.8, 4) is 0 Å². The number of anilines is 1. The molecule has 0 saturated heterocycles. The van der Waals surface area contributed by atoms with Crippen LogP contribution in [0.5, 0.6) is 0 Å². The third-order valence-electron chi connectivity index (χ3n) is 3.91. The molecular formula is C13H15Cl2N3. The number of hydrogen-bond donors (Lipinski definition) is 1. The van der Waals surface area contributed by atoms with Crippen molar-refractivity contribution in [2.45, 2.75) is 32.2 Å². The third kappa shape index (κ3) is 1.77. The Balaban J connectivity index is 2.22. The molecule has 96 valence electrons. The highest BCUT2D eigenvalue weighted by Crippen LogP contribution is 2.40. The van der Waals surface area contributed by atoms with Gasteiger partial charge in [-0.25, -0.2) is 4.98 Å². The minimum Gasteiger partial charge on any atom is -0.369 e. The largest absolute Gasteiger partial charge is 0.369 e. The standard InChI is InChI=1S/C13H15Cl2N3/c1-7-3-2-4-11(7)18-12-6-9(15)8(14)5-10(12)17-13(18)16/h5-7,11H,2-4H2,1H3,(H2,16,17). The Kier molecular flexibility index (Phi) is 2.91. The Bertz CT molecular complexity index is 606. The summed E-state index contributed by atoms with van der Waals surface area (Å²) in [6.07, 6.45) is 3.63. The van der Waals surface area contributed by atoms with E-state index in [1.54, 1.807) is 6.07 Å². The monoisotopic (exact) mass is 283 g/mol. The van der Waals surface area contributed by atoms with E-state index in [9.17, 15) is 0 Å². The fourth-order valence-corrected chi connectivity index (χ4v) is 3.28. The predicted molar refractivity (Wildman–Crippen MR) is 76.2 cm³/mol. The van der Waals surface area contributed by atoms with Crippen LogP contribution in [0.1, 0.15) is 32.2 Å². The summed E-state index contributed by atoms with van der Waals surface area (Å²) in [6.45, 7) is 2.26. The van der Waals surface area contributed by atoms with Crippen LogP contribution < -0.4 is 5.73 Å². The second-order valence-electron chi connectivity index (χ2n) is 5.07. The van der Waals surface area contributed by atoms with Crippen molar-refractivity contribution in [1.82, 2.24) is 9.55 Å². The van der Waals surface area contributed by atoms with E-state index in [1.807, 2.05) is 6.07 Å².